The average Bonchev–Trinajstić information content (AvgIpc) is 2.67. The van der Waals surface area contributed by atoms with E-state index in [1.54, 1.807) is 72.8 Å². The molecule has 0 aliphatic heterocycles. The number of halogens is 1. The SMILES string of the molecule is Cc1ccc(S(=O)(=O)C(CC(=O)c2ccccc2)c2ccccc2Cl)cc1. The number of benzene rings is 3. The van der Waals surface area contributed by atoms with E-state index in [4.69, 9.17) is 11.6 Å². The van der Waals surface area contributed by atoms with Crippen LogP contribution in [0.15, 0.2) is 83.8 Å². The third-order valence-corrected chi connectivity index (χ3v) is 6.89. The molecule has 1 unspecified atom stereocenters. The second-order valence-corrected chi connectivity index (χ2v) is 8.90. The van der Waals surface area contributed by atoms with Crippen LogP contribution in [0, 0.1) is 6.92 Å². The van der Waals surface area contributed by atoms with Crippen molar-refractivity contribution < 1.29 is 13.2 Å². The average molecular weight is 399 g/mol. The lowest BCUT2D eigenvalue weighted by molar-refractivity contribution is 0.0981. The highest BCUT2D eigenvalue weighted by atomic mass is 35.5. The molecule has 0 aliphatic carbocycles. The van der Waals surface area contributed by atoms with Gasteiger partial charge in [-0.1, -0.05) is 77.8 Å². The largest absolute Gasteiger partial charge is 0.294 e. The zero-order valence-electron chi connectivity index (χ0n) is 14.8. The summed E-state index contributed by atoms with van der Waals surface area (Å²) >= 11 is 6.29. The van der Waals surface area contributed by atoms with Gasteiger partial charge in [0.25, 0.3) is 0 Å². The van der Waals surface area contributed by atoms with Gasteiger partial charge >= 0.3 is 0 Å². The Morgan fingerprint density at radius 2 is 1.48 bits per heavy atom. The number of carbonyl (C=O) groups excluding carboxylic acids is 1. The predicted molar refractivity (Wildman–Crippen MR) is 108 cm³/mol. The van der Waals surface area contributed by atoms with Crippen molar-refractivity contribution in [1.82, 2.24) is 0 Å². The topological polar surface area (TPSA) is 51.2 Å². The zero-order valence-corrected chi connectivity index (χ0v) is 16.4. The predicted octanol–water partition coefficient (Wildman–Crippen LogP) is 5.44. The van der Waals surface area contributed by atoms with Crippen LogP contribution in [0.5, 0.6) is 0 Å². The van der Waals surface area contributed by atoms with Crippen molar-refractivity contribution in [3.8, 4) is 0 Å². The van der Waals surface area contributed by atoms with Crippen molar-refractivity contribution in [1.29, 1.82) is 0 Å². The van der Waals surface area contributed by atoms with E-state index in [-0.39, 0.29) is 17.1 Å². The van der Waals surface area contributed by atoms with Crippen LogP contribution < -0.4 is 0 Å². The van der Waals surface area contributed by atoms with Crippen LogP contribution in [0.1, 0.15) is 33.2 Å². The van der Waals surface area contributed by atoms with Gasteiger partial charge in [-0.3, -0.25) is 4.79 Å². The van der Waals surface area contributed by atoms with Crippen LogP contribution in [0.2, 0.25) is 5.02 Å². The molecule has 0 radical (unpaired) electrons. The maximum absolute atomic E-state index is 13.4. The summed E-state index contributed by atoms with van der Waals surface area (Å²) in [5.74, 6) is -0.240. The van der Waals surface area contributed by atoms with Crippen molar-refractivity contribution in [2.24, 2.45) is 0 Å². The maximum Gasteiger partial charge on any atom is 0.185 e. The molecule has 0 heterocycles. The highest BCUT2D eigenvalue weighted by Gasteiger charge is 2.32. The van der Waals surface area contributed by atoms with Crippen LogP contribution in [-0.4, -0.2) is 14.2 Å². The number of Topliss-reactive ketones (excluding diaryl/α,β-unsaturated/α-hetero) is 1. The van der Waals surface area contributed by atoms with Crippen LogP contribution in [-0.2, 0) is 9.84 Å². The van der Waals surface area contributed by atoms with Gasteiger partial charge in [-0.15, -0.1) is 0 Å². The first kappa shape index (κ1) is 19.3. The Hall–Kier alpha value is -2.43. The lowest BCUT2D eigenvalue weighted by Crippen LogP contribution is -2.18. The number of hydrogen-bond acceptors (Lipinski definition) is 3. The van der Waals surface area contributed by atoms with E-state index in [9.17, 15) is 13.2 Å². The minimum absolute atomic E-state index is 0.177. The lowest BCUT2D eigenvalue weighted by atomic mass is 10.0. The summed E-state index contributed by atoms with van der Waals surface area (Å²) < 4.78 is 26.7. The quantitative estimate of drug-likeness (QED) is 0.520. The Kier molecular flexibility index (Phi) is 5.78. The van der Waals surface area contributed by atoms with Crippen molar-refractivity contribution in [3.63, 3.8) is 0 Å². The minimum Gasteiger partial charge on any atom is -0.294 e. The molecule has 3 rings (SSSR count). The van der Waals surface area contributed by atoms with Crippen molar-refractivity contribution in [2.75, 3.05) is 0 Å². The molecule has 0 N–H and O–H groups in total. The molecule has 0 amide bonds. The monoisotopic (exact) mass is 398 g/mol. The molecule has 0 aromatic heterocycles. The summed E-state index contributed by atoms with van der Waals surface area (Å²) in [5, 5.41) is -0.722. The molecule has 3 nitrogen and oxygen atoms in total. The van der Waals surface area contributed by atoms with E-state index < -0.39 is 15.1 Å². The summed E-state index contributed by atoms with van der Waals surface area (Å²) in [6.45, 7) is 1.89. The first-order chi connectivity index (χ1) is 12.9. The number of ketones is 1. The molecular weight excluding hydrogens is 380 g/mol. The second kappa shape index (κ2) is 8.07. The maximum atomic E-state index is 13.4. The molecule has 5 heteroatoms. The number of rotatable bonds is 6. The first-order valence-corrected chi connectivity index (χ1v) is 10.5. The molecule has 0 saturated heterocycles. The van der Waals surface area contributed by atoms with E-state index in [0.29, 0.717) is 16.1 Å². The highest BCUT2D eigenvalue weighted by molar-refractivity contribution is 7.91. The molecule has 0 fully saturated rings. The Balaban J connectivity index is 2.06. The Labute approximate surface area is 164 Å². The second-order valence-electron chi connectivity index (χ2n) is 6.36. The van der Waals surface area contributed by atoms with E-state index in [1.807, 2.05) is 13.0 Å². The van der Waals surface area contributed by atoms with Crippen LogP contribution in [0.4, 0.5) is 0 Å². The molecule has 1 atom stereocenters. The fourth-order valence-electron chi connectivity index (χ4n) is 2.93. The number of aryl methyl sites for hydroxylation is 1. The molecule has 138 valence electrons. The molecular formula is C22H19ClO3S. The van der Waals surface area contributed by atoms with E-state index in [1.165, 1.54) is 0 Å². The molecule has 3 aromatic carbocycles. The van der Waals surface area contributed by atoms with Crippen LogP contribution in [0.3, 0.4) is 0 Å². The van der Waals surface area contributed by atoms with Crippen LogP contribution >= 0.6 is 11.6 Å². The van der Waals surface area contributed by atoms with Gasteiger partial charge in [0.15, 0.2) is 15.6 Å². The molecule has 27 heavy (non-hydrogen) atoms. The standard InChI is InChI=1S/C22H19ClO3S/c1-16-11-13-18(14-12-16)27(25,26)22(19-9-5-6-10-20(19)23)15-21(24)17-7-3-2-4-8-17/h2-14,22H,15H2,1H3. The summed E-state index contributed by atoms with van der Waals surface area (Å²) in [7, 11) is -3.80. The van der Waals surface area contributed by atoms with E-state index in [2.05, 4.69) is 0 Å². The van der Waals surface area contributed by atoms with E-state index in [0.717, 1.165) is 5.56 Å². The molecule has 0 spiro atoms. The highest BCUT2D eigenvalue weighted by Crippen LogP contribution is 2.36. The lowest BCUT2D eigenvalue weighted by Gasteiger charge is -2.19. The normalized spacial score (nSPS) is 12.5. The number of hydrogen-bond donors (Lipinski definition) is 0. The van der Waals surface area contributed by atoms with Gasteiger partial charge in [0.1, 0.15) is 0 Å². The first-order valence-electron chi connectivity index (χ1n) is 8.53. The third kappa shape index (κ3) is 4.29. The summed E-state index contributed by atoms with van der Waals surface area (Å²) in [6, 6.07) is 22.1. The molecule has 0 bridgehead atoms. The van der Waals surface area contributed by atoms with Crippen molar-refractivity contribution in [2.45, 2.75) is 23.5 Å². The van der Waals surface area contributed by atoms with Gasteiger partial charge in [0.2, 0.25) is 0 Å². The Morgan fingerprint density at radius 3 is 2.11 bits per heavy atom. The molecule has 0 saturated carbocycles. The smallest absolute Gasteiger partial charge is 0.185 e. The summed E-state index contributed by atoms with van der Waals surface area (Å²) in [5.41, 5.74) is 1.88. The summed E-state index contributed by atoms with van der Waals surface area (Å²) in [4.78, 5) is 12.9. The fourth-order valence-corrected chi connectivity index (χ4v) is 5.01. The van der Waals surface area contributed by atoms with Crippen molar-refractivity contribution in [3.05, 3.63) is 101 Å². The number of sulfone groups is 1. The van der Waals surface area contributed by atoms with Gasteiger partial charge in [-0.2, -0.15) is 0 Å². The Bertz CT molecular complexity index is 1040. The molecule has 0 aliphatic rings. The fraction of sp³-hybridized carbons (Fsp3) is 0.136. The van der Waals surface area contributed by atoms with Gasteiger partial charge in [0, 0.05) is 17.0 Å². The third-order valence-electron chi connectivity index (χ3n) is 4.44. The van der Waals surface area contributed by atoms with Gasteiger partial charge < -0.3 is 0 Å². The Morgan fingerprint density at radius 1 is 0.889 bits per heavy atom. The molecule has 3 aromatic rings. The van der Waals surface area contributed by atoms with Crippen LogP contribution in [0.25, 0.3) is 0 Å². The summed E-state index contributed by atoms with van der Waals surface area (Å²) in [6.07, 6.45) is -0.177. The van der Waals surface area contributed by atoms with Gasteiger partial charge in [-0.05, 0) is 30.7 Å². The van der Waals surface area contributed by atoms with Gasteiger partial charge in [0.05, 0.1) is 10.1 Å². The minimum atomic E-state index is -3.80. The van der Waals surface area contributed by atoms with E-state index >= 15 is 0 Å². The van der Waals surface area contributed by atoms with Gasteiger partial charge in [-0.25, -0.2) is 8.42 Å². The number of carbonyl (C=O) groups is 1. The zero-order chi connectivity index (χ0) is 19.4. The van der Waals surface area contributed by atoms with Crippen molar-refractivity contribution >= 4 is 27.2 Å².